The number of hydrogen-bond acceptors (Lipinski definition) is 5. The first kappa shape index (κ1) is 20.1. The van der Waals surface area contributed by atoms with Crippen LogP contribution in [0.15, 0.2) is 5.38 Å². The number of thiophene rings is 1. The highest BCUT2D eigenvalue weighted by Gasteiger charge is 2.56. The number of carbonyl (C=O) groups is 1. The van der Waals surface area contributed by atoms with Crippen LogP contribution in [0.25, 0.3) is 0 Å². The molecule has 4 rings (SSSR count). The lowest BCUT2D eigenvalue weighted by molar-refractivity contribution is -0.207. The zero-order valence-electron chi connectivity index (χ0n) is 15.1. The van der Waals surface area contributed by atoms with Gasteiger partial charge in [-0.2, -0.15) is 0 Å². The first-order valence-corrected chi connectivity index (χ1v) is 10.4. The summed E-state index contributed by atoms with van der Waals surface area (Å²) in [4.78, 5) is 15.9. The predicted molar refractivity (Wildman–Crippen MR) is 105 cm³/mol. The highest BCUT2D eigenvalue weighted by molar-refractivity contribution is 7.12. The first-order valence-electron chi connectivity index (χ1n) is 9.54. The maximum absolute atomic E-state index is 13.0. The van der Waals surface area contributed by atoms with E-state index in [0.29, 0.717) is 32.7 Å². The minimum absolute atomic E-state index is 0. The quantitative estimate of drug-likeness (QED) is 0.813. The van der Waals surface area contributed by atoms with Crippen molar-refractivity contribution in [3.8, 4) is 0 Å². The second-order valence-corrected chi connectivity index (χ2v) is 8.58. The Bertz CT molecular complexity index is 643. The zero-order chi connectivity index (χ0) is 17.4. The van der Waals surface area contributed by atoms with Gasteiger partial charge in [-0.05, 0) is 55.0 Å². The Morgan fingerprint density at radius 2 is 2.08 bits per heavy atom. The molecule has 146 valence electrons. The molecule has 1 spiro atoms. The predicted octanol–water partition coefficient (Wildman–Crippen LogP) is 2.38. The summed E-state index contributed by atoms with van der Waals surface area (Å²) in [5.74, 6) is 0.191. The Labute approximate surface area is 165 Å². The largest absolute Gasteiger partial charge is 0.392 e. The van der Waals surface area contributed by atoms with Crippen LogP contribution in [-0.4, -0.2) is 54.4 Å². The summed E-state index contributed by atoms with van der Waals surface area (Å²) in [5, 5.41) is 12.5. The Hall–Kier alpha value is -0.660. The van der Waals surface area contributed by atoms with E-state index < -0.39 is 0 Å². The Balaban J connectivity index is 0.00000196. The van der Waals surface area contributed by atoms with Gasteiger partial charge in [0.25, 0.3) is 5.91 Å². The molecule has 0 bridgehead atoms. The van der Waals surface area contributed by atoms with Crippen molar-refractivity contribution in [3.05, 3.63) is 21.4 Å². The molecule has 3 N–H and O–H groups in total. The summed E-state index contributed by atoms with van der Waals surface area (Å²) in [6, 6.07) is 0. The molecule has 1 saturated carbocycles. The van der Waals surface area contributed by atoms with Gasteiger partial charge in [-0.15, -0.1) is 23.7 Å². The van der Waals surface area contributed by atoms with Crippen molar-refractivity contribution in [1.82, 2.24) is 4.90 Å². The van der Waals surface area contributed by atoms with E-state index in [1.54, 1.807) is 11.3 Å². The summed E-state index contributed by atoms with van der Waals surface area (Å²) in [6.07, 6.45) is 6.74. The lowest BCUT2D eigenvalue weighted by Crippen LogP contribution is -2.62. The van der Waals surface area contributed by atoms with E-state index in [-0.39, 0.29) is 35.9 Å². The van der Waals surface area contributed by atoms with Gasteiger partial charge in [0, 0.05) is 31.5 Å². The number of ether oxygens (including phenoxy) is 1. The molecule has 2 aliphatic carbocycles. The SMILES string of the molecule is Cl.NCCO[C@H]1C[C@@H](O)C12CCN(C(=O)c1scc3c1CCCC3)CC2. The van der Waals surface area contributed by atoms with Gasteiger partial charge in [0.1, 0.15) is 0 Å². The number of hydrogen-bond donors (Lipinski definition) is 2. The highest BCUT2D eigenvalue weighted by atomic mass is 35.5. The minimum Gasteiger partial charge on any atom is -0.392 e. The van der Waals surface area contributed by atoms with Crippen molar-refractivity contribution in [3.63, 3.8) is 0 Å². The van der Waals surface area contributed by atoms with Gasteiger partial charge in [0.05, 0.1) is 23.7 Å². The molecule has 1 aromatic heterocycles. The molecule has 3 aliphatic rings. The van der Waals surface area contributed by atoms with E-state index in [1.165, 1.54) is 24.0 Å². The number of halogens is 1. The number of piperidine rings is 1. The topological polar surface area (TPSA) is 75.8 Å². The molecule has 0 unspecified atom stereocenters. The van der Waals surface area contributed by atoms with E-state index in [0.717, 1.165) is 30.6 Å². The van der Waals surface area contributed by atoms with Crippen LogP contribution in [0.2, 0.25) is 0 Å². The Morgan fingerprint density at radius 3 is 2.77 bits per heavy atom. The molecule has 2 fully saturated rings. The van der Waals surface area contributed by atoms with Crippen LogP contribution in [0.4, 0.5) is 0 Å². The minimum atomic E-state index is -0.304. The number of amides is 1. The zero-order valence-corrected chi connectivity index (χ0v) is 16.7. The molecule has 1 amide bonds. The lowest BCUT2D eigenvalue weighted by Gasteiger charge is -2.56. The maximum Gasteiger partial charge on any atom is 0.264 e. The van der Waals surface area contributed by atoms with Gasteiger partial charge in [-0.1, -0.05) is 0 Å². The second-order valence-electron chi connectivity index (χ2n) is 7.70. The number of aryl methyl sites for hydroxylation is 1. The first-order chi connectivity index (χ1) is 12.2. The molecule has 1 saturated heterocycles. The van der Waals surface area contributed by atoms with Crippen LogP contribution >= 0.6 is 23.7 Å². The number of aliphatic hydroxyl groups is 1. The van der Waals surface area contributed by atoms with Crippen molar-refractivity contribution in [2.45, 2.75) is 57.2 Å². The van der Waals surface area contributed by atoms with Crippen molar-refractivity contribution in [2.75, 3.05) is 26.2 Å². The van der Waals surface area contributed by atoms with Crippen LogP contribution in [-0.2, 0) is 17.6 Å². The number of fused-ring (bicyclic) bond motifs is 1. The van der Waals surface area contributed by atoms with Crippen molar-refractivity contribution in [1.29, 1.82) is 0 Å². The smallest absolute Gasteiger partial charge is 0.264 e. The number of aliphatic hydroxyl groups excluding tert-OH is 1. The number of rotatable bonds is 4. The third kappa shape index (κ3) is 3.31. The molecule has 7 heteroatoms. The van der Waals surface area contributed by atoms with Gasteiger partial charge in [0.2, 0.25) is 0 Å². The fraction of sp³-hybridized carbons (Fsp3) is 0.737. The molecule has 0 aromatic carbocycles. The number of likely N-dealkylation sites (tertiary alicyclic amines) is 1. The molecule has 0 radical (unpaired) electrons. The molecule has 1 aromatic rings. The average Bonchev–Trinajstić information content (AvgIpc) is 3.08. The van der Waals surface area contributed by atoms with E-state index in [9.17, 15) is 9.90 Å². The highest BCUT2D eigenvalue weighted by Crippen LogP contribution is 2.51. The number of nitrogens with two attached hydrogens (primary N) is 1. The van der Waals surface area contributed by atoms with Gasteiger partial charge in [-0.3, -0.25) is 4.79 Å². The molecule has 2 heterocycles. The molecule has 5 nitrogen and oxygen atoms in total. The van der Waals surface area contributed by atoms with Crippen LogP contribution in [0.3, 0.4) is 0 Å². The summed E-state index contributed by atoms with van der Waals surface area (Å²) < 4.78 is 5.85. The fourth-order valence-electron chi connectivity index (χ4n) is 4.79. The molecule has 26 heavy (non-hydrogen) atoms. The summed E-state index contributed by atoms with van der Waals surface area (Å²) in [5.41, 5.74) is 8.06. The van der Waals surface area contributed by atoms with Gasteiger partial charge in [0.15, 0.2) is 0 Å². The van der Waals surface area contributed by atoms with Crippen LogP contribution in [0.1, 0.15) is 52.9 Å². The normalized spacial score (nSPS) is 26.8. The Kier molecular flexibility index (Phi) is 6.29. The van der Waals surface area contributed by atoms with E-state index >= 15 is 0 Å². The van der Waals surface area contributed by atoms with E-state index in [4.69, 9.17) is 10.5 Å². The van der Waals surface area contributed by atoms with Crippen LogP contribution in [0, 0.1) is 5.41 Å². The fourth-order valence-corrected chi connectivity index (χ4v) is 5.92. The maximum atomic E-state index is 13.0. The standard InChI is InChI=1S/C19H28N2O3S.ClH/c20-7-10-24-16-11-15(22)19(16)5-8-21(9-6-19)18(23)17-14-4-2-1-3-13(14)12-25-17;/h12,15-16,22H,1-11,20H2;1H/t15-,16+;/m1./s1. The van der Waals surface area contributed by atoms with E-state index in [2.05, 4.69) is 5.38 Å². The van der Waals surface area contributed by atoms with Gasteiger partial charge >= 0.3 is 0 Å². The molecular formula is C19H29ClN2O3S. The van der Waals surface area contributed by atoms with Crippen LogP contribution < -0.4 is 5.73 Å². The molecule has 1 aliphatic heterocycles. The van der Waals surface area contributed by atoms with Crippen LogP contribution in [0.5, 0.6) is 0 Å². The Morgan fingerprint density at radius 1 is 1.35 bits per heavy atom. The third-order valence-electron chi connectivity index (χ3n) is 6.46. The molecule has 2 atom stereocenters. The van der Waals surface area contributed by atoms with Crippen molar-refractivity contribution >= 4 is 29.7 Å². The van der Waals surface area contributed by atoms with Crippen molar-refractivity contribution in [2.24, 2.45) is 11.1 Å². The lowest BCUT2D eigenvalue weighted by atomic mass is 9.58. The second kappa shape index (κ2) is 8.15. The number of carbonyl (C=O) groups excluding carboxylic acids is 1. The summed E-state index contributed by atoms with van der Waals surface area (Å²) in [6.45, 7) is 2.48. The third-order valence-corrected chi connectivity index (χ3v) is 7.52. The van der Waals surface area contributed by atoms with Gasteiger partial charge in [-0.25, -0.2) is 0 Å². The molecular weight excluding hydrogens is 372 g/mol. The average molecular weight is 401 g/mol. The summed E-state index contributed by atoms with van der Waals surface area (Å²) >= 11 is 1.62. The van der Waals surface area contributed by atoms with E-state index in [1.807, 2.05) is 4.90 Å². The monoisotopic (exact) mass is 400 g/mol. The summed E-state index contributed by atoms with van der Waals surface area (Å²) in [7, 11) is 0. The van der Waals surface area contributed by atoms with Gasteiger partial charge < -0.3 is 20.5 Å². The van der Waals surface area contributed by atoms with Crippen molar-refractivity contribution < 1.29 is 14.6 Å². The number of nitrogens with zero attached hydrogens (tertiary/aromatic N) is 1.